The molecule has 5 heteroatoms. The Bertz CT molecular complexity index is 739. The molecule has 2 rings (SSSR count). The van der Waals surface area contributed by atoms with Gasteiger partial charge in [0.1, 0.15) is 5.75 Å². The van der Waals surface area contributed by atoms with Crippen molar-refractivity contribution in [3.8, 4) is 11.5 Å². The lowest BCUT2D eigenvalue weighted by Gasteiger charge is -2.12. The van der Waals surface area contributed by atoms with Crippen LogP contribution in [0.3, 0.4) is 0 Å². The van der Waals surface area contributed by atoms with Crippen molar-refractivity contribution in [2.45, 2.75) is 56.2 Å². The summed E-state index contributed by atoms with van der Waals surface area (Å²) < 4.78 is 11.8. The number of aryl methyl sites for hydroxylation is 1. The fraction of sp³-hybridized carbons (Fsp3) is 0.429. The minimum atomic E-state index is 0.407. The number of hydrogen-bond acceptors (Lipinski definition) is 4. The highest BCUT2D eigenvalue weighted by molar-refractivity contribution is 7.99. The zero-order chi connectivity index (χ0) is 18.8. The number of diazo groups is 1. The van der Waals surface area contributed by atoms with E-state index < -0.39 is 0 Å². The van der Waals surface area contributed by atoms with Crippen molar-refractivity contribution >= 4 is 17.4 Å². The average molecular weight is 372 g/mol. The topological polar surface area (TPSA) is 46.6 Å². The molecule has 0 aliphatic rings. The third-order valence-electron chi connectivity index (χ3n) is 3.88. The van der Waals surface area contributed by atoms with Gasteiger partial charge in [-0.05, 0) is 38.0 Å². The number of nitrogens with zero attached hydrogens (tertiary/aromatic N) is 2. The van der Waals surface area contributed by atoms with Crippen LogP contribution in [0.1, 0.15) is 45.1 Å². The van der Waals surface area contributed by atoms with Gasteiger partial charge in [0.25, 0.3) is 0 Å². The first-order valence-electron chi connectivity index (χ1n) is 9.21. The van der Waals surface area contributed by atoms with E-state index in [4.69, 9.17) is 9.47 Å². The van der Waals surface area contributed by atoms with Gasteiger partial charge in [0, 0.05) is 4.90 Å². The van der Waals surface area contributed by atoms with Gasteiger partial charge < -0.3 is 9.47 Å². The molecule has 0 aromatic heterocycles. The Labute approximate surface area is 160 Å². The molecule has 0 fully saturated rings. The smallest absolute Gasteiger partial charge is 0.431 e. The van der Waals surface area contributed by atoms with E-state index in [9.17, 15) is 5.39 Å². The van der Waals surface area contributed by atoms with Crippen LogP contribution in [0.25, 0.3) is 4.98 Å². The van der Waals surface area contributed by atoms with Crippen LogP contribution >= 0.6 is 11.8 Å². The lowest BCUT2D eigenvalue weighted by Crippen LogP contribution is -2.00. The van der Waals surface area contributed by atoms with Crippen LogP contribution in [-0.4, -0.2) is 13.2 Å². The molecule has 0 bridgehead atoms. The Balaban J connectivity index is 2.32. The second-order valence-corrected chi connectivity index (χ2v) is 7.30. The minimum absolute atomic E-state index is 0.407. The van der Waals surface area contributed by atoms with E-state index in [1.165, 1.54) is 5.56 Å². The molecule has 138 valence electrons. The molecular weight excluding hydrogens is 344 g/mol. The van der Waals surface area contributed by atoms with Crippen LogP contribution in [0.5, 0.6) is 11.5 Å². The lowest BCUT2D eigenvalue weighted by atomic mass is 10.2. The van der Waals surface area contributed by atoms with Crippen molar-refractivity contribution in [2.24, 2.45) is 0 Å². The quantitative estimate of drug-likeness (QED) is 0.333. The number of hydrogen-bond donors (Lipinski definition) is 0. The van der Waals surface area contributed by atoms with Crippen LogP contribution in [-0.2, 0) is 0 Å². The second-order valence-electron chi connectivity index (χ2n) is 6.19. The summed E-state index contributed by atoms with van der Waals surface area (Å²) in [5.41, 5.74) is 1.63. The molecule has 0 saturated heterocycles. The van der Waals surface area contributed by atoms with Gasteiger partial charge in [-0.1, -0.05) is 56.1 Å². The maximum Gasteiger partial charge on any atom is 0.431 e. The van der Waals surface area contributed by atoms with Gasteiger partial charge in [-0.3, -0.25) is 0 Å². The van der Waals surface area contributed by atoms with Crippen molar-refractivity contribution in [1.29, 1.82) is 5.39 Å². The van der Waals surface area contributed by atoms with E-state index in [0.29, 0.717) is 30.4 Å². The Morgan fingerprint density at radius 1 is 0.962 bits per heavy atom. The van der Waals surface area contributed by atoms with Gasteiger partial charge in [-0.25, -0.2) is 0 Å². The van der Waals surface area contributed by atoms with Crippen LogP contribution in [0.2, 0.25) is 0 Å². The molecule has 0 aliphatic carbocycles. The molecule has 2 aromatic rings. The highest BCUT2D eigenvalue weighted by Gasteiger charge is 2.23. The molecular formula is C21H27N2O2S+. The molecule has 0 amide bonds. The monoisotopic (exact) mass is 371 g/mol. The van der Waals surface area contributed by atoms with Gasteiger partial charge >= 0.3 is 5.69 Å². The van der Waals surface area contributed by atoms with Crippen LogP contribution in [0.4, 0.5) is 5.69 Å². The summed E-state index contributed by atoms with van der Waals surface area (Å²) in [6.07, 6.45) is 4.06. The van der Waals surface area contributed by atoms with Gasteiger partial charge in [-0.15, -0.1) is 0 Å². The summed E-state index contributed by atoms with van der Waals surface area (Å²) in [5.74, 6) is 1.30. The summed E-state index contributed by atoms with van der Waals surface area (Å²) in [4.78, 5) is 5.43. The first-order valence-corrected chi connectivity index (χ1v) is 10.0. The highest BCUT2D eigenvalue weighted by Crippen LogP contribution is 2.44. The molecule has 0 unspecified atom stereocenters. The van der Waals surface area contributed by atoms with Gasteiger partial charge in [0.05, 0.1) is 24.2 Å². The molecule has 0 aliphatic heterocycles. The van der Waals surface area contributed by atoms with Crippen LogP contribution < -0.4 is 9.47 Å². The Morgan fingerprint density at radius 3 is 2.23 bits per heavy atom. The second kappa shape index (κ2) is 10.7. The van der Waals surface area contributed by atoms with E-state index >= 15 is 0 Å². The first kappa shape index (κ1) is 20.1. The standard InChI is InChI=1S/C21H27N2O2S/c1-4-6-12-24-17-14-19(23-22)21(25-13-7-5-2)20(15-17)26-18-10-8-16(3)9-11-18/h8-11,14-15H,4-7,12-13H2,1-3H3/q+1. The molecule has 0 spiro atoms. The molecule has 4 nitrogen and oxygen atoms in total. The zero-order valence-corrected chi connectivity index (χ0v) is 16.6. The zero-order valence-electron chi connectivity index (χ0n) is 15.8. The number of ether oxygens (including phenoxy) is 2. The lowest BCUT2D eigenvalue weighted by molar-refractivity contribution is 0.296. The van der Waals surface area contributed by atoms with E-state index in [-0.39, 0.29) is 0 Å². The molecule has 0 heterocycles. The Hall–Kier alpha value is -2.19. The van der Waals surface area contributed by atoms with Crippen LogP contribution in [0.15, 0.2) is 46.2 Å². The maximum absolute atomic E-state index is 9.48. The fourth-order valence-electron chi connectivity index (χ4n) is 2.33. The van der Waals surface area contributed by atoms with E-state index in [1.54, 1.807) is 17.8 Å². The summed E-state index contributed by atoms with van der Waals surface area (Å²) in [6.45, 7) is 7.55. The first-order chi connectivity index (χ1) is 12.7. The average Bonchev–Trinajstić information content (AvgIpc) is 2.65. The van der Waals surface area contributed by atoms with E-state index in [0.717, 1.165) is 35.5 Å². The Morgan fingerprint density at radius 2 is 1.62 bits per heavy atom. The van der Waals surface area contributed by atoms with Crippen molar-refractivity contribution in [3.05, 3.63) is 46.9 Å². The molecule has 0 atom stereocenters. The predicted molar refractivity (Wildman–Crippen MR) is 107 cm³/mol. The summed E-state index contributed by atoms with van der Waals surface area (Å²) in [7, 11) is 0. The number of benzene rings is 2. The van der Waals surface area contributed by atoms with Gasteiger partial charge in [0.2, 0.25) is 11.1 Å². The minimum Gasteiger partial charge on any atom is -0.493 e. The molecule has 0 radical (unpaired) electrons. The molecule has 0 saturated carbocycles. The van der Waals surface area contributed by atoms with E-state index in [2.05, 4.69) is 50.0 Å². The maximum atomic E-state index is 9.48. The van der Waals surface area contributed by atoms with Crippen molar-refractivity contribution in [2.75, 3.05) is 13.2 Å². The number of rotatable bonds is 10. The third-order valence-corrected chi connectivity index (χ3v) is 4.91. The molecule has 2 aromatic carbocycles. The largest absolute Gasteiger partial charge is 0.493 e. The third kappa shape index (κ3) is 5.96. The highest BCUT2D eigenvalue weighted by atomic mass is 32.2. The normalized spacial score (nSPS) is 10.4. The van der Waals surface area contributed by atoms with Gasteiger partial charge in [0.15, 0.2) is 4.98 Å². The fourth-order valence-corrected chi connectivity index (χ4v) is 3.29. The van der Waals surface area contributed by atoms with E-state index in [1.807, 2.05) is 6.07 Å². The van der Waals surface area contributed by atoms with Crippen molar-refractivity contribution in [3.63, 3.8) is 0 Å². The number of unbranched alkanes of at least 4 members (excludes halogenated alkanes) is 2. The van der Waals surface area contributed by atoms with Crippen LogP contribution in [0, 0.1) is 12.3 Å². The summed E-state index contributed by atoms with van der Waals surface area (Å²) in [6, 6.07) is 12.0. The van der Waals surface area contributed by atoms with Crippen molar-refractivity contribution in [1.82, 2.24) is 0 Å². The summed E-state index contributed by atoms with van der Waals surface area (Å²) >= 11 is 1.59. The van der Waals surface area contributed by atoms with Crippen molar-refractivity contribution < 1.29 is 9.47 Å². The van der Waals surface area contributed by atoms with Gasteiger partial charge in [-0.2, -0.15) is 0 Å². The Kier molecular flexibility index (Phi) is 8.30. The predicted octanol–water partition coefficient (Wildman–Crippen LogP) is 6.99. The molecule has 26 heavy (non-hydrogen) atoms. The molecule has 0 N–H and O–H groups in total. The SMILES string of the molecule is CCCCOc1cc([N+]#N)c(OCCCC)c(Sc2ccc(C)cc2)c1. The summed E-state index contributed by atoms with van der Waals surface area (Å²) in [5, 5.41) is 9.48.